The third-order valence-electron chi connectivity index (χ3n) is 2.60. The Kier molecular flexibility index (Phi) is 5.43. The van der Waals surface area contributed by atoms with Crippen LogP contribution in [-0.4, -0.2) is 48.7 Å². The SMILES string of the molecule is CC(=O)OC1C(F)[C@H](OC(C)=O)O[C@@H](C)[C@H]1OC(C)=O. The van der Waals surface area contributed by atoms with E-state index >= 15 is 0 Å². The monoisotopic (exact) mass is 292 g/mol. The van der Waals surface area contributed by atoms with E-state index < -0.39 is 48.7 Å². The van der Waals surface area contributed by atoms with E-state index in [9.17, 15) is 18.8 Å². The Morgan fingerprint density at radius 3 is 1.80 bits per heavy atom. The van der Waals surface area contributed by atoms with Crippen LogP contribution in [0.4, 0.5) is 4.39 Å². The number of halogens is 1. The van der Waals surface area contributed by atoms with Crippen LogP contribution in [-0.2, 0) is 33.3 Å². The summed E-state index contributed by atoms with van der Waals surface area (Å²) in [5.74, 6) is -2.15. The van der Waals surface area contributed by atoms with Crippen LogP contribution >= 0.6 is 0 Å². The van der Waals surface area contributed by atoms with Crippen molar-refractivity contribution in [1.29, 1.82) is 0 Å². The molecule has 1 rings (SSSR count). The number of hydrogen-bond acceptors (Lipinski definition) is 7. The van der Waals surface area contributed by atoms with Gasteiger partial charge in [0.05, 0.1) is 6.10 Å². The van der Waals surface area contributed by atoms with Crippen LogP contribution in [0, 0.1) is 0 Å². The van der Waals surface area contributed by atoms with Gasteiger partial charge in [0.25, 0.3) is 0 Å². The van der Waals surface area contributed by atoms with Crippen molar-refractivity contribution in [2.45, 2.75) is 58.5 Å². The summed E-state index contributed by atoms with van der Waals surface area (Å²) in [4.78, 5) is 33.0. The summed E-state index contributed by atoms with van der Waals surface area (Å²) in [5.41, 5.74) is 0. The zero-order chi connectivity index (χ0) is 15.4. The lowest BCUT2D eigenvalue weighted by atomic mass is 10.00. The predicted octanol–water partition coefficient (Wildman–Crippen LogP) is 0.496. The van der Waals surface area contributed by atoms with E-state index in [0.717, 1.165) is 20.8 Å². The Balaban J connectivity index is 2.93. The quantitative estimate of drug-likeness (QED) is 0.552. The van der Waals surface area contributed by atoms with Gasteiger partial charge in [-0.25, -0.2) is 4.39 Å². The molecular formula is C12H17FO7. The molecular weight excluding hydrogens is 275 g/mol. The molecule has 0 aromatic heterocycles. The van der Waals surface area contributed by atoms with Crippen molar-refractivity contribution >= 4 is 17.9 Å². The van der Waals surface area contributed by atoms with E-state index in [1.54, 1.807) is 0 Å². The Hall–Kier alpha value is -1.70. The van der Waals surface area contributed by atoms with Gasteiger partial charge in [0.15, 0.2) is 12.2 Å². The van der Waals surface area contributed by atoms with Crippen molar-refractivity contribution in [3.63, 3.8) is 0 Å². The van der Waals surface area contributed by atoms with E-state index in [0.29, 0.717) is 0 Å². The highest BCUT2D eigenvalue weighted by atomic mass is 19.1. The van der Waals surface area contributed by atoms with E-state index in [-0.39, 0.29) is 0 Å². The minimum Gasteiger partial charge on any atom is -0.456 e. The summed E-state index contributed by atoms with van der Waals surface area (Å²) in [6, 6.07) is 0. The maximum atomic E-state index is 14.2. The highest BCUT2D eigenvalue weighted by Gasteiger charge is 2.50. The van der Waals surface area contributed by atoms with Gasteiger partial charge < -0.3 is 18.9 Å². The minimum atomic E-state index is -1.96. The van der Waals surface area contributed by atoms with Gasteiger partial charge in [0, 0.05) is 20.8 Å². The molecule has 114 valence electrons. The van der Waals surface area contributed by atoms with Crippen LogP contribution in [0.1, 0.15) is 27.7 Å². The molecule has 1 saturated heterocycles. The normalized spacial score (nSPS) is 33.1. The second-order valence-electron chi connectivity index (χ2n) is 4.41. The second-order valence-corrected chi connectivity index (χ2v) is 4.41. The topological polar surface area (TPSA) is 88.1 Å². The van der Waals surface area contributed by atoms with Crippen molar-refractivity contribution < 1.29 is 37.7 Å². The first-order chi connectivity index (χ1) is 9.22. The number of carbonyl (C=O) groups is 3. The molecule has 0 saturated carbocycles. The zero-order valence-corrected chi connectivity index (χ0v) is 11.6. The third-order valence-corrected chi connectivity index (χ3v) is 2.60. The molecule has 0 aromatic carbocycles. The second kappa shape index (κ2) is 6.65. The molecule has 0 bridgehead atoms. The molecule has 0 spiro atoms. The molecule has 1 aliphatic heterocycles. The Bertz CT molecular complexity index is 397. The van der Waals surface area contributed by atoms with Gasteiger partial charge >= 0.3 is 17.9 Å². The van der Waals surface area contributed by atoms with E-state index in [1.165, 1.54) is 6.92 Å². The molecule has 0 aliphatic carbocycles. The standard InChI is InChI=1S/C12H17FO7/c1-5-10(18-6(2)14)11(19-7(3)15)9(13)12(17-5)20-8(4)16/h5,9-12H,1-4H3/t5-,9?,10+,11?,12-/m0/s1. The molecule has 0 radical (unpaired) electrons. The summed E-state index contributed by atoms with van der Waals surface area (Å²) in [5, 5.41) is 0. The lowest BCUT2D eigenvalue weighted by Gasteiger charge is -2.40. The van der Waals surface area contributed by atoms with Gasteiger partial charge in [-0.2, -0.15) is 0 Å². The Morgan fingerprint density at radius 2 is 1.35 bits per heavy atom. The van der Waals surface area contributed by atoms with Crippen molar-refractivity contribution in [1.82, 2.24) is 0 Å². The van der Waals surface area contributed by atoms with Gasteiger partial charge in [-0.15, -0.1) is 0 Å². The summed E-state index contributed by atoms with van der Waals surface area (Å²) >= 11 is 0. The number of carbonyl (C=O) groups excluding carboxylic acids is 3. The van der Waals surface area contributed by atoms with Crippen LogP contribution in [0.3, 0.4) is 0 Å². The van der Waals surface area contributed by atoms with Gasteiger partial charge in [-0.3, -0.25) is 14.4 Å². The Morgan fingerprint density at radius 1 is 0.900 bits per heavy atom. The molecule has 0 amide bonds. The fourth-order valence-corrected chi connectivity index (χ4v) is 1.90. The molecule has 5 atom stereocenters. The molecule has 20 heavy (non-hydrogen) atoms. The highest BCUT2D eigenvalue weighted by molar-refractivity contribution is 5.68. The van der Waals surface area contributed by atoms with Gasteiger partial charge in [-0.05, 0) is 6.92 Å². The average Bonchev–Trinajstić information content (AvgIpc) is 2.28. The average molecular weight is 292 g/mol. The summed E-state index contributed by atoms with van der Waals surface area (Å²) in [6.45, 7) is 4.83. The lowest BCUT2D eigenvalue weighted by molar-refractivity contribution is -0.276. The molecule has 1 aliphatic rings. The number of hydrogen-bond donors (Lipinski definition) is 0. The van der Waals surface area contributed by atoms with Crippen LogP contribution in [0.2, 0.25) is 0 Å². The fraction of sp³-hybridized carbons (Fsp3) is 0.750. The molecule has 2 unspecified atom stereocenters. The maximum Gasteiger partial charge on any atom is 0.305 e. The third kappa shape index (κ3) is 4.16. The summed E-state index contributed by atoms with van der Waals surface area (Å²) in [7, 11) is 0. The zero-order valence-electron chi connectivity index (χ0n) is 11.6. The van der Waals surface area contributed by atoms with E-state index in [2.05, 4.69) is 4.74 Å². The van der Waals surface area contributed by atoms with Gasteiger partial charge in [0.1, 0.15) is 0 Å². The van der Waals surface area contributed by atoms with E-state index in [1.807, 2.05) is 0 Å². The largest absolute Gasteiger partial charge is 0.456 e. The molecule has 0 aromatic rings. The van der Waals surface area contributed by atoms with Crippen molar-refractivity contribution in [2.24, 2.45) is 0 Å². The number of rotatable bonds is 3. The van der Waals surface area contributed by atoms with Crippen molar-refractivity contribution in [3.05, 3.63) is 0 Å². The van der Waals surface area contributed by atoms with Crippen molar-refractivity contribution in [2.75, 3.05) is 0 Å². The molecule has 7 nitrogen and oxygen atoms in total. The van der Waals surface area contributed by atoms with Crippen LogP contribution in [0.25, 0.3) is 0 Å². The number of ether oxygens (including phenoxy) is 4. The summed E-state index contributed by atoms with van der Waals surface area (Å²) < 4.78 is 33.8. The number of esters is 3. The molecule has 1 heterocycles. The van der Waals surface area contributed by atoms with Gasteiger partial charge in [0.2, 0.25) is 12.5 Å². The smallest absolute Gasteiger partial charge is 0.305 e. The highest BCUT2D eigenvalue weighted by Crippen LogP contribution is 2.29. The molecule has 0 N–H and O–H groups in total. The first kappa shape index (κ1) is 16.4. The van der Waals surface area contributed by atoms with Crippen molar-refractivity contribution in [3.8, 4) is 0 Å². The first-order valence-corrected chi connectivity index (χ1v) is 6.03. The molecule has 8 heteroatoms. The van der Waals surface area contributed by atoms with Crippen LogP contribution in [0.5, 0.6) is 0 Å². The number of alkyl halides is 1. The Labute approximate surface area is 115 Å². The van der Waals surface area contributed by atoms with Crippen LogP contribution in [0.15, 0.2) is 0 Å². The van der Waals surface area contributed by atoms with Crippen LogP contribution < -0.4 is 0 Å². The summed E-state index contributed by atoms with van der Waals surface area (Å²) in [6.07, 6.45) is -6.79. The lowest BCUT2D eigenvalue weighted by Crippen LogP contribution is -2.58. The van der Waals surface area contributed by atoms with Gasteiger partial charge in [-0.1, -0.05) is 0 Å². The van der Waals surface area contributed by atoms with E-state index in [4.69, 9.17) is 14.2 Å². The molecule has 1 fully saturated rings. The maximum absolute atomic E-state index is 14.2. The fourth-order valence-electron chi connectivity index (χ4n) is 1.90. The minimum absolute atomic E-state index is 0.666. The predicted molar refractivity (Wildman–Crippen MR) is 62.1 cm³/mol. The first-order valence-electron chi connectivity index (χ1n) is 6.03.